The van der Waals surface area contributed by atoms with E-state index < -0.39 is 10.2 Å². The first-order valence-corrected chi connectivity index (χ1v) is 8.84. The van der Waals surface area contributed by atoms with Crippen LogP contribution in [0.2, 0.25) is 10.0 Å². The van der Waals surface area contributed by atoms with Crippen molar-refractivity contribution in [1.82, 2.24) is 9.62 Å². The molecule has 0 aromatic heterocycles. The quantitative estimate of drug-likeness (QED) is 0.706. The van der Waals surface area contributed by atoms with Gasteiger partial charge in [0.15, 0.2) is 0 Å². The minimum atomic E-state index is -3.59. The largest absolute Gasteiger partial charge is 0.314 e. The highest BCUT2D eigenvalue weighted by Crippen LogP contribution is 2.25. The summed E-state index contributed by atoms with van der Waals surface area (Å²) in [5, 5.41) is 3.93. The molecule has 8 heteroatoms. The molecule has 0 aliphatic heterocycles. The molecule has 0 amide bonds. The van der Waals surface area contributed by atoms with Gasteiger partial charge in [-0.05, 0) is 31.2 Å². The van der Waals surface area contributed by atoms with Crippen LogP contribution in [0.25, 0.3) is 0 Å². The SMILES string of the molecule is CC(C)NCCCN(C)S(=O)(=O)Nc1ccc(Cl)c(Cl)c1. The highest BCUT2D eigenvalue weighted by Gasteiger charge is 2.17. The Morgan fingerprint density at radius 3 is 2.48 bits per heavy atom. The van der Waals surface area contributed by atoms with E-state index in [0.717, 1.165) is 13.0 Å². The molecule has 120 valence electrons. The van der Waals surface area contributed by atoms with E-state index in [1.165, 1.54) is 17.4 Å². The van der Waals surface area contributed by atoms with Gasteiger partial charge in [0.05, 0.1) is 15.7 Å². The molecule has 1 rings (SSSR count). The molecule has 5 nitrogen and oxygen atoms in total. The minimum Gasteiger partial charge on any atom is -0.314 e. The lowest BCUT2D eigenvalue weighted by atomic mass is 10.3. The summed E-state index contributed by atoms with van der Waals surface area (Å²) in [7, 11) is -2.05. The summed E-state index contributed by atoms with van der Waals surface area (Å²) in [6, 6.07) is 4.99. The highest BCUT2D eigenvalue weighted by molar-refractivity contribution is 7.90. The fourth-order valence-corrected chi connectivity index (χ4v) is 2.85. The molecule has 0 fully saturated rings. The fourth-order valence-electron chi connectivity index (χ4n) is 1.60. The number of hydrogen-bond donors (Lipinski definition) is 2. The van der Waals surface area contributed by atoms with Crippen molar-refractivity contribution in [2.75, 3.05) is 24.9 Å². The lowest BCUT2D eigenvalue weighted by molar-refractivity contribution is 0.451. The second-order valence-corrected chi connectivity index (χ2v) is 7.61. The summed E-state index contributed by atoms with van der Waals surface area (Å²) in [4.78, 5) is 0. The molecular formula is C13H21Cl2N3O2S. The molecule has 0 saturated heterocycles. The molecule has 0 heterocycles. The number of hydrogen-bond acceptors (Lipinski definition) is 3. The van der Waals surface area contributed by atoms with Gasteiger partial charge in [0.25, 0.3) is 0 Å². The molecule has 0 atom stereocenters. The van der Waals surface area contributed by atoms with Gasteiger partial charge in [-0.1, -0.05) is 37.0 Å². The fraction of sp³-hybridized carbons (Fsp3) is 0.538. The number of nitrogens with one attached hydrogen (secondary N) is 2. The molecule has 0 saturated carbocycles. The number of rotatable bonds is 8. The topological polar surface area (TPSA) is 61.4 Å². The summed E-state index contributed by atoms with van der Waals surface area (Å²) < 4.78 is 28.0. The summed E-state index contributed by atoms with van der Waals surface area (Å²) in [6.07, 6.45) is 0.733. The third-order valence-electron chi connectivity index (χ3n) is 2.78. The van der Waals surface area contributed by atoms with Gasteiger partial charge in [-0.3, -0.25) is 4.72 Å². The van der Waals surface area contributed by atoms with Crippen LogP contribution >= 0.6 is 23.2 Å². The van der Waals surface area contributed by atoms with Gasteiger partial charge in [-0.25, -0.2) is 0 Å². The summed E-state index contributed by atoms with van der Waals surface area (Å²) in [5.74, 6) is 0. The van der Waals surface area contributed by atoms with E-state index >= 15 is 0 Å². The maximum absolute atomic E-state index is 12.1. The van der Waals surface area contributed by atoms with Crippen molar-refractivity contribution in [2.24, 2.45) is 0 Å². The standard InChI is InChI=1S/C13H21Cl2N3O2S/c1-10(2)16-7-4-8-18(3)21(19,20)17-11-5-6-12(14)13(15)9-11/h5-6,9-10,16-17H,4,7-8H2,1-3H3. The van der Waals surface area contributed by atoms with Crippen LogP contribution in [0.4, 0.5) is 5.69 Å². The Hall–Kier alpha value is -0.530. The minimum absolute atomic E-state index is 0.306. The molecule has 0 bridgehead atoms. The van der Waals surface area contributed by atoms with Crippen molar-refractivity contribution in [3.8, 4) is 0 Å². The first-order chi connectivity index (χ1) is 9.72. The predicted octanol–water partition coefficient (Wildman–Crippen LogP) is 2.97. The van der Waals surface area contributed by atoms with Crippen molar-refractivity contribution in [3.63, 3.8) is 0 Å². The van der Waals surface area contributed by atoms with E-state index in [2.05, 4.69) is 10.0 Å². The van der Waals surface area contributed by atoms with Crippen LogP contribution in [0.1, 0.15) is 20.3 Å². The Kier molecular flexibility index (Phi) is 7.23. The normalized spacial score (nSPS) is 12.1. The van der Waals surface area contributed by atoms with E-state index in [4.69, 9.17) is 23.2 Å². The average molecular weight is 354 g/mol. The van der Waals surface area contributed by atoms with Gasteiger partial charge in [-0.15, -0.1) is 0 Å². The Morgan fingerprint density at radius 2 is 1.90 bits per heavy atom. The molecule has 1 aromatic carbocycles. The number of anilines is 1. The zero-order valence-corrected chi connectivity index (χ0v) is 14.7. The van der Waals surface area contributed by atoms with Crippen LogP contribution in [-0.4, -0.2) is 38.9 Å². The summed E-state index contributed by atoms with van der Waals surface area (Å²) >= 11 is 11.7. The molecule has 0 unspecified atom stereocenters. The second-order valence-electron chi connectivity index (χ2n) is 5.02. The lowest BCUT2D eigenvalue weighted by Crippen LogP contribution is -2.35. The van der Waals surface area contributed by atoms with Crippen molar-refractivity contribution in [1.29, 1.82) is 0 Å². The summed E-state index contributed by atoms with van der Waals surface area (Å²) in [5.41, 5.74) is 0.386. The monoisotopic (exact) mass is 353 g/mol. The second kappa shape index (κ2) is 8.19. The molecule has 21 heavy (non-hydrogen) atoms. The van der Waals surface area contributed by atoms with Crippen molar-refractivity contribution >= 4 is 39.1 Å². The maximum Gasteiger partial charge on any atom is 0.301 e. The Bertz CT molecular complexity index is 565. The van der Waals surface area contributed by atoms with Crippen LogP contribution in [-0.2, 0) is 10.2 Å². The van der Waals surface area contributed by atoms with Gasteiger partial charge in [0, 0.05) is 19.6 Å². The zero-order valence-electron chi connectivity index (χ0n) is 12.4. The van der Waals surface area contributed by atoms with Crippen molar-refractivity contribution in [2.45, 2.75) is 26.3 Å². The van der Waals surface area contributed by atoms with E-state index in [0.29, 0.717) is 28.3 Å². The number of halogens is 2. The first-order valence-electron chi connectivity index (χ1n) is 6.65. The maximum atomic E-state index is 12.1. The predicted molar refractivity (Wildman–Crippen MR) is 89.4 cm³/mol. The van der Waals surface area contributed by atoms with E-state index in [-0.39, 0.29) is 0 Å². The Balaban J connectivity index is 2.57. The third-order valence-corrected chi connectivity index (χ3v) is 5.02. The molecule has 1 aromatic rings. The van der Waals surface area contributed by atoms with E-state index in [1.807, 2.05) is 13.8 Å². The Labute approximate surface area is 136 Å². The number of nitrogens with zero attached hydrogens (tertiary/aromatic N) is 1. The third kappa shape index (κ3) is 6.40. The average Bonchev–Trinajstić information content (AvgIpc) is 2.38. The molecule has 0 spiro atoms. The highest BCUT2D eigenvalue weighted by atomic mass is 35.5. The van der Waals surface area contributed by atoms with Crippen LogP contribution in [0.15, 0.2) is 18.2 Å². The van der Waals surface area contributed by atoms with Gasteiger partial charge in [0.1, 0.15) is 0 Å². The van der Waals surface area contributed by atoms with Gasteiger partial charge in [0.2, 0.25) is 0 Å². The first kappa shape index (κ1) is 18.5. The lowest BCUT2D eigenvalue weighted by Gasteiger charge is -2.19. The van der Waals surface area contributed by atoms with Crippen LogP contribution in [0.5, 0.6) is 0 Å². The zero-order chi connectivity index (χ0) is 16.0. The smallest absolute Gasteiger partial charge is 0.301 e. The summed E-state index contributed by atoms with van der Waals surface area (Å²) in [6.45, 7) is 5.29. The van der Waals surface area contributed by atoms with Crippen LogP contribution < -0.4 is 10.0 Å². The van der Waals surface area contributed by atoms with E-state index in [9.17, 15) is 8.42 Å². The molecule has 0 radical (unpaired) electrons. The van der Waals surface area contributed by atoms with Crippen molar-refractivity contribution in [3.05, 3.63) is 28.2 Å². The van der Waals surface area contributed by atoms with Crippen LogP contribution in [0, 0.1) is 0 Å². The molecule has 2 N–H and O–H groups in total. The van der Waals surface area contributed by atoms with E-state index in [1.54, 1.807) is 12.1 Å². The molecule has 0 aliphatic carbocycles. The molecular weight excluding hydrogens is 333 g/mol. The van der Waals surface area contributed by atoms with Crippen LogP contribution in [0.3, 0.4) is 0 Å². The van der Waals surface area contributed by atoms with Crippen molar-refractivity contribution < 1.29 is 8.42 Å². The van der Waals surface area contributed by atoms with Gasteiger partial charge < -0.3 is 5.32 Å². The Morgan fingerprint density at radius 1 is 1.24 bits per heavy atom. The number of benzene rings is 1. The van der Waals surface area contributed by atoms with Gasteiger partial charge in [-0.2, -0.15) is 12.7 Å². The molecule has 0 aliphatic rings. The van der Waals surface area contributed by atoms with Gasteiger partial charge >= 0.3 is 10.2 Å².